The summed E-state index contributed by atoms with van der Waals surface area (Å²) in [5.41, 5.74) is 7.04. The van der Waals surface area contributed by atoms with Crippen LogP contribution in [0.25, 0.3) is 21.8 Å². The predicted octanol–water partition coefficient (Wildman–Crippen LogP) is 5.31. The van der Waals surface area contributed by atoms with E-state index in [1.54, 1.807) is 36.4 Å². The summed E-state index contributed by atoms with van der Waals surface area (Å²) < 4.78 is 2.30. The van der Waals surface area contributed by atoms with Gasteiger partial charge >= 0.3 is 0 Å². The van der Waals surface area contributed by atoms with Gasteiger partial charge in [-0.2, -0.15) is 5.10 Å². The first-order valence-electron chi connectivity index (χ1n) is 10.4. The smallest absolute Gasteiger partial charge is 0.271 e. The van der Waals surface area contributed by atoms with E-state index in [0.29, 0.717) is 17.7 Å². The predicted molar refractivity (Wildman–Crippen MR) is 128 cm³/mol. The second-order valence-corrected chi connectivity index (χ2v) is 7.58. The van der Waals surface area contributed by atoms with E-state index in [9.17, 15) is 9.90 Å². The first kappa shape index (κ1) is 19.6. The molecule has 156 valence electrons. The van der Waals surface area contributed by atoms with Crippen molar-refractivity contribution in [1.29, 1.82) is 0 Å². The van der Waals surface area contributed by atoms with Crippen molar-refractivity contribution in [3.63, 3.8) is 0 Å². The van der Waals surface area contributed by atoms with Crippen LogP contribution in [-0.2, 0) is 6.54 Å². The van der Waals surface area contributed by atoms with Crippen molar-refractivity contribution in [2.24, 2.45) is 5.10 Å². The van der Waals surface area contributed by atoms with Crippen molar-refractivity contribution in [1.82, 2.24) is 9.99 Å². The Morgan fingerprint density at radius 1 is 0.812 bits per heavy atom. The molecular formula is C27H21N3O2. The highest BCUT2D eigenvalue weighted by Crippen LogP contribution is 2.29. The number of amides is 1. The topological polar surface area (TPSA) is 66.6 Å². The van der Waals surface area contributed by atoms with E-state index in [-0.39, 0.29) is 11.7 Å². The van der Waals surface area contributed by atoms with E-state index in [1.165, 1.54) is 28.0 Å². The number of rotatable bonds is 5. The molecule has 2 N–H and O–H groups in total. The molecule has 32 heavy (non-hydrogen) atoms. The SMILES string of the molecule is O=C(N/N=C/c1ccccc1O)c1ccc(Cn2c3ccccc3c3ccccc32)cc1. The fourth-order valence-electron chi connectivity index (χ4n) is 3.94. The molecule has 0 unspecified atom stereocenters. The molecule has 5 aromatic rings. The van der Waals surface area contributed by atoms with E-state index < -0.39 is 0 Å². The second kappa shape index (κ2) is 8.40. The first-order valence-corrected chi connectivity index (χ1v) is 10.4. The maximum atomic E-state index is 12.4. The molecule has 0 bridgehead atoms. The Hall–Kier alpha value is -4.38. The van der Waals surface area contributed by atoms with Gasteiger partial charge < -0.3 is 9.67 Å². The summed E-state index contributed by atoms with van der Waals surface area (Å²) >= 11 is 0. The van der Waals surface area contributed by atoms with Gasteiger partial charge in [-0.3, -0.25) is 4.79 Å². The zero-order chi connectivity index (χ0) is 21.9. The molecule has 0 spiro atoms. The van der Waals surface area contributed by atoms with Gasteiger partial charge in [0.25, 0.3) is 5.91 Å². The third-order valence-corrected chi connectivity index (χ3v) is 5.54. The normalized spacial score (nSPS) is 11.4. The van der Waals surface area contributed by atoms with Crippen molar-refractivity contribution in [2.75, 3.05) is 0 Å². The summed E-state index contributed by atoms with van der Waals surface area (Å²) in [4.78, 5) is 12.4. The highest BCUT2D eigenvalue weighted by atomic mass is 16.3. The lowest BCUT2D eigenvalue weighted by Gasteiger charge is -2.08. The molecule has 1 amide bonds. The Bertz CT molecular complexity index is 1400. The highest BCUT2D eigenvalue weighted by molar-refractivity contribution is 6.08. The summed E-state index contributed by atoms with van der Waals surface area (Å²) in [6.07, 6.45) is 1.42. The summed E-state index contributed by atoms with van der Waals surface area (Å²) in [6.45, 7) is 0.710. The Kier molecular flexibility index (Phi) is 5.14. The molecule has 1 heterocycles. The van der Waals surface area contributed by atoms with Crippen LogP contribution in [0.2, 0.25) is 0 Å². The molecule has 0 fully saturated rings. The zero-order valence-corrected chi connectivity index (χ0v) is 17.3. The van der Waals surface area contributed by atoms with Crippen LogP contribution in [0.3, 0.4) is 0 Å². The van der Waals surface area contributed by atoms with Gasteiger partial charge in [-0.25, -0.2) is 5.43 Å². The van der Waals surface area contributed by atoms with E-state index in [4.69, 9.17) is 0 Å². The molecule has 4 aromatic carbocycles. The van der Waals surface area contributed by atoms with E-state index in [2.05, 4.69) is 63.6 Å². The monoisotopic (exact) mass is 419 g/mol. The van der Waals surface area contributed by atoms with E-state index in [1.807, 2.05) is 12.1 Å². The lowest BCUT2D eigenvalue weighted by Crippen LogP contribution is -2.17. The number of phenolic OH excluding ortho intramolecular Hbond substituents is 1. The number of para-hydroxylation sites is 3. The van der Waals surface area contributed by atoms with Crippen molar-refractivity contribution in [2.45, 2.75) is 6.54 Å². The van der Waals surface area contributed by atoms with Crippen LogP contribution in [0.5, 0.6) is 5.75 Å². The van der Waals surface area contributed by atoms with Crippen LogP contribution in [0.1, 0.15) is 21.5 Å². The van der Waals surface area contributed by atoms with Crippen LogP contribution in [0.15, 0.2) is 102 Å². The molecule has 1 aromatic heterocycles. The zero-order valence-electron chi connectivity index (χ0n) is 17.3. The Labute approximate surface area is 185 Å². The van der Waals surface area contributed by atoms with Gasteiger partial charge in [0.2, 0.25) is 0 Å². The minimum atomic E-state index is -0.305. The average molecular weight is 419 g/mol. The van der Waals surface area contributed by atoms with Crippen LogP contribution >= 0.6 is 0 Å². The first-order chi connectivity index (χ1) is 15.7. The van der Waals surface area contributed by atoms with Crippen LogP contribution in [0.4, 0.5) is 0 Å². The highest BCUT2D eigenvalue weighted by Gasteiger charge is 2.10. The molecule has 0 radical (unpaired) electrons. The number of hydrogen-bond donors (Lipinski definition) is 2. The summed E-state index contributed by atoms with van der Waals surface area (Å²) in [5, 5.41) is 16.2. The van der Waals surface area contributed by atoms with Gasteiger partial charge in [0, 0.05) is 39.5 Å². The molecule has 0 aliphatic carbocycles. The third-order valence-electron chi connectivity index (χ3n) is 5.54. The van der Waals surface area contributed by atoms with Gasteiger partial charge in [-0.15, -0.1) is 0 Å². The molecule has 0 saturated carbocycles. The summed E-state index contributed by atoms with van der Waals surface area (Å²) in [5.74, 6) is -0.194. The van der Waals surface area contributed by atoms with Gasteiger partial charge in [0.05, 0.1) is 6.21 Å². The molecule has 5 heteroatoms. The molecule has 0 atom stereocenters. The number of carbonyl (C=O) groups excluding carboxylic acids is 1. The summed E-state index contributed by atoms with van der Waals surface area (Å²) in [6, 6.07) is 31.1. The van der Waals surface area contributed by atoms with Crippen LogP contribution < -0.4 is 5.43 Å². The molecule has 0 saturated heterocycles. The number of phenols is 1. The molecule has 0 aliphatic rings. The third kappa shape index (κ3) is 3.72. The standard InChI is InChI=1S/C27H21N3O2/c31-26-12-6-1-7-21(26)17-28-29-27(32)20-15-13-19(14-16-20)18-30-24-10-4-2-8-22(24)23-9-3-5-11-25(23)30/h1-17,31H,18H2,(H,29,32)/b28-17+. The van der Waals surface area contributed by atoms with Gasteiger partial charge in [0.15, 0.2) is 0 Å². The molecular weight excluding hydrogens is 398 g/mol. The van der Waals surface area contributed by atoms with Crippen LogP contribution in [0, 0.1) is 0 Å². The number of carbonyl (C=O) groups is 1. The van der Waals surface area contributed by atoms with Gasteiger partial charge in [-0.05, 0) is 42.0 Å². The lowest BCUT2D eigenvalue weighted by atomic mass is 10.1. The Morgan fingerprint density at radius 3 is 2.06 bits per heavy atom. The fraction of sp³-hybridized carbons (Fsp3) is 0.0370. The number of fused-ring (bicyclic) bond motifs is 3. The number of aromatic nitrogens is 1. The van der Waals surface area contributed by atoms with Crippen molar-refractivity contribution in [3.05, 3.63) is 114 Å². The Balaban J connectivity index is 1.34. The van der Waals surface area contributed by atoms with Crippen molar-refractivity contribution in [3.8, 4) is 5.75 Å². The molecule has 0 aliphatic heterocycles. The van der Waals surface area contributed by atoms with E-state index in [0.717, 1.165) is 5.56 Å². The minimum absolute atomic E-state index is 0.111. The van der Waals surface area contributed by atoms with Gasteiger partial charge in [-0.1, -0.05) is 60.7 Å². The minimum Gasteiger partial charge on any atom is -0.507 e. The largest absolute Gasteiger partial charge is 0.507 e. The number of hydrazone groups is 1. The van der Waals surface area contributed by atoms with Gasteiger partial charge in [0.1, 0.15) is 5.75 Å². The van der Waals surface area contributed by atoms with Crippen LogP contribution in [-0.4, -0.2) is 21.8 Å². The quantitative estimate of drug-likeness (QED) is 0.299. The average Bonchev–Trinajstić information content (AvgIpc) is 3.14. The molecule has 5 rings (SSSR count). The number of hydrogen-bond acceptors (Lipinski definition) is 3. The second-order valence-electron chi connectivity index (χ2n) is 7.58. The number of benzene rings is 4. The van der Waals surface area contributed by atoms with E-state index >= 15 is 0 Å². The van der Waals surface area contributed by atoms with Crippen molar-refractivity contribution >= 4 is 33.9 Å². The lowest BCUT2D eigenvalue weighted by molar-refractivity contribution is 0.0955. The Morgan fingerprint density at radius 2 is 1.41 bits per heavy atom. The maximum Gasteiger partial charge on any atom is 0.271 e. The fourth-order valence-corrected chi connectivity index (χ4v) is 3.94. The molecule has 5 nitrogen and oxygen atoms in total. The summed E-state index contributed by atoms with van der Waals surface area (Å²) in [7, 11) is 0. The van der Waals surface area contributed by atoms with Crippen molar-refractivity contribution < 1.29 is 9.90 Å². The number of nitrogens with zero attached hydrogens (tertiary/aromatic N) is 2. The number of nitrogens with one attached hydrogen (secondary N) is 1. The maximum absolute atomic E-state index is 12.4. The number of aromatic hydroxyl groups is 1.